The van der Waals surface area contributed by atoms with Crippen LogP contribution in [0.2, 0.25) is 0 Å². The highest BCUT2D eigenvalue weighted by atomic mass is 19.1. The first-order valence-corrected chi connectivity index (χ1v) is 10.5. The lowest BCUT2D eigenvalue weighted by Gasteiger charge is -2.24. The summed E-state index contributed by atoms with van der Waals surface area (Å²) in [7, 11) is 0. The molecule has 162 valence electrons. The van der Waals surface area contributed by atoms with Gasteiger partial charge in [0.05, 0.1) is 6.04 Å². The summed E-state index contributed by atoms with van der Waals surface area (Å²) >= 11 is 0. The van der Waals surface area contributed by atoms with Crippen molar-refractivity contribution in [2.75, 3.05) is 12.3 Å². The molecule has 4 rings (SSSR count). The number of hydrogen-bond acceptors (Lipinski definition) is 5. The maximum atomic E-state index is 13.5. The second-order valence-corrected chi connectivity index (χ2v) is 7.99. The Kier molecular flexibility index (Phi) is 5.99. The highest BCUT2D eigenvalue weighted by molar-refractivity contribution is 5.92. The van der Waals surface area contributed by atoms with Gasteiger partial charge in [0, 0.05) is 12.2 Å². The van der Waals surface area contributed by atoms with Crippen LogP contribution >= 0.6 is 0 Å². The normalized spacial score (nSPS) is 21.0. The van der Waals surface area contributed by atoms with E-state index in [1.54, 1.807) is 25.1 Å². The van der Waals surface area contributed by atoms with Crippen LogP contribution in [0, 0.1) is 5.82 Å². The lowest BCUT2D eigenvalue weighted by atomic mass is 9.96. The van der Waals surface area contributed by atoms with Crippen molar-refractivity contribution in [1.82, 2.24) is 20.9 Å². The van der Waals surface area contributed by atoms with Crippen LogP contribution in [-0.4, -0.2) is 35.4 Å². The summed E-state index contributed by atoms with van der Waals surface area (Å²) in [5.41, 5.74) is 9.28. The molecule has 3 unspecified atom stereocenters. The highest BCUT2D eigenvalue weighted by Crippen LogP contribution is 2.30. The van der Waals surface area contributed by atoms with Gasteiger partial charge in [-0.15, -0.1) is 0 Å². The zero-order valence-corrected chi connectivity index (χ0v) is 17.3. The minimum absolute atomic E-state index is 0.137. The van der Waals surface area contributed by atoms with Gasteiger partial charge in [-0.2, -0.15) is 0 Å². The maximum absolute atomic E-state index is 13.5. The fourth-order valence-electron chi connectivity index (χ4n) is 4.10. The third-order valence-electron chi connectivity index (χ3n) is 5.75. The molecule has 1 aliphatic carbocycles. The summed E-state index contributed by atoms with van der Waals surface area (Å²) in [6.07, 6.45) is 4.00. The molecule has 1 aromatic heterocycles. The number of pyridine rings is 1. The van der Waals surface area contributed by atoms with Gasteiger partial charge in [-0.1, -0.05) is 24.3 Å². The number of nitrogens with zero attached hydrogens (tertiary/aromatic N) is 1. The first-order chi connectivity index (χ1) is 14.9. The van der Waals surface area contributed by atoms with Gasteiger partial charge < -0.3 is 21.7 Å². The molecule has 0 spiro atoms. The second-order valence-electron chi connectivity index (χ2n) is 7.99. The van der Waals surface area contributed by atoms with Gasteiger partial charge in [0.2, 0.25) is 11.8 Å². The molecule has 2 amide bonds. The summed E-state index contributed by atoms with van der Waals surface area (Å²) in [5.74, 6) is -0.391. The van der Waals surface area contributed by atoms with Crippen molar-refractivity contribution in [1.29, 1.82) is 0 Å². The van der Waals surface area contributed by atoms with Crippen LogP contribution < -0.4 is 21.7 Å². The molecular formula is C23H26FN5O2. The van der Waals surface area contributed by atoms with Crippen LogP contribution in [0.3, 0.4) is 0 Å². The lowest BCUT2D eigenvalue weighted by Crippen LogP contribution is -2.52. The van der Waals surface area contributed by atoms with E-state index in [4.69, 9.17) is 5.73 Å². The molecule has 5 N–H and O–H groups in total. The second kappa shape index (κ2) is 8.85. The minimum Gasteiger partial charge on any atom is -0.384 e. The van der Waals surface area contributed by atoms with Crippen molar-refractivity contribution < 1.29 is 14.0 Å². The van der Waals surface area contributed by atoms with Crippen LogP contribution in [0.1, 0.15) is 42.6 Å². The fourth-order valence-corrected chi connectivity index (χ4v) is 4.10. The average molecular weight is 423 g/mol. The van der Waals surface area contributed by atoms with E-state index in [2.05, 4.69) is 20.9 Å². The van der Waals surface area contributed by atoms with Gasteiger partial charge in [-0.25, -0.2) is 9.37 Å². The number of fused-ring (bicyclic) bond motifs is 1. The number of halogens is 1. The summed E-state index contributed by atoms with van der Waals surface area (Å²) in [6, 6.07) is 8.53. The van der Waals surface area contributed by atoms with Gasteiger partial charge in [0.25, 0.3) is 0 Å². The number of rotatable bonds is 5. The molecule has 1 aliphatic heterocycles. The summed E-state index contributed by atoms with van der Waals surface area (Å²) in [6.45, 7) is 2.25. The number of benzene rings is 1. The number of amides is 2. The Balaban J connectivity index is 1.37. The van der Waals surface area contributed by atoms with E-state index >= 15 is 0 Å². The number of nitrogen functional groups attached to an aromatic ring is 1. The van der Waals surface area contributed by atoms with E-state index in [9.17, 15) is 14.0 Å². The molecule has 2 heterocycles. The molecule has 31 heavy (non-hydrogen) atoms. The van der Waals surface area contributed by atoms with E-state index in [-0.39, 0.29) is 23.7 Å². The third-order valence-corrected chi connectivity index (χ3v) is 5.75. The zero-order chi connectivity index (χ0) is 22.0. The fraction of sp³-hybridized carbons (Fsp3) is 0.348. The zero-order valence-electron chi connectivity index (χ0n) is 17.3. The van der Waals surface area contributed by atoms with Gasteiger partial charge in [-0.3, -0.25) is 9.59 Å². The summed E-state index contributed by atoms with van der Waals surface area (Å²) in [5, 5.41) is 8.90. The molecule has 2 aromatic rings. The Morgan fingerprint density at radius 1 is 1.26 bits per heavy atom. The topological polar surface area (TPSA) is 109 Å². The maximum Gasteiger partial charge on any atom is 0.242 e. The van der Waals surface area contributed by atoms with Gasteiger partial charge in [0.15, 0.2) is 0 Å². The first-order valence-electron chi connectivity index (χ1n) is 10.5. The third kappa shape index (κ3) is 4.74. The molecule has 7 nitrogen and oxygen atoms in total. The van der Waals surface area contributed by atoms with Crippen LogP contribution in [0.5, 0.6) is 0 Å². The lowest BCUT2D eigenvalue weighted by molar-refractivity contribution is -0.129. The van der Waals surface area contributed by atoms with Crippen molar-refractivity contribution >= 4 is 23.2 Å². The van der Waals surface area contributed by atoms with Crippen molar-refractivity contribution in [3.8, 4) is 0 Å². The van der Waals surface area contributed by atoms with E-state index in [1.165, 1.54) is 12.1 Å². The average Bonchev–Trinajstić information content (AvgIpc) is 3.15. The molecule has 0 fully saturated rings. The molecule has 0 radical (unpaired) electrons. The number of anilines is 1. The van der Waals surface area contributed by atoms with Crippen LogP contribution in [0.25, 0.3) is 5.57 Å². The van der Waals surface area contributed by atoms with Crippen molar-refractivity contribution in [3.05, 3.63) is 65.1 Å². The van der Waals surface area contributed by atoms with E-state index in [1.807, 2.05) is 12.1 Å². The number of aromatic nitrogens is 1. The molecule has 0 saturated carbocycles. The number of carbonyl (C=O) groups is 2. The summed E-state index contributed by atoms with van der Waals surface area (Å²) < 4.78 is 13.5. The van der Waals surface area contributed by atoms with E-state index in [0.717, 1.165) is 35.2 Å². The Labute approximate surface area is 180 Å². The quantitative estimate of drug-likeness (QED) is 0.587. The predicted molar refractivity (Wildman–Crippen MR) is 116 cm³/mol. The largest absolute Gasteiger partial charge is 0.384 e. The monoisotopic (exact) mass is 423 g/mol. The number of aryl methyl sites for hydroxylation is 1. The minimum atomic E-state index is -0.701. The number of nitrogens with two attached hydrogens (primary N) is 1. The van der Waals surface area contributed by atoms with Crippen LogP contribution in [0.4, 0.5) is 10.2 Å². The Morgan fingerprint density at radius 3 is 2.90 bits per heavy atom. The Bertz CT molecular complexity index is 1040. The van der Waals surface area contributed by atoms with Crippen LogP contribution in [-0.2, 0) is 16.0 Å². The van der Waals surface area contributed by atoms with Crippen molar-refractivity contribution in [3.63, 3.8) is 0 Å². The van der Waals surface area contributed by atoms with Gasteiger partial charge in [0.1, 0.15) is 23.7 Å². The van der Waals surface area contributed by atoms with Crippen LogP contribution in [0.15, 0.2) is 42.5 Å². The Hall–Kier alpha value is -3.26. The van der Waals surface area contributed by atoms with Crippen molar-refractivity contribution in [2.24, 2.45) is 0 Å². The molecule has 0 bridgehead atoms. The number of nitrogens with one attached hydrogen (secondary N) is 3. The number of carbonyl (C=O) groups excluding carboxylic acids is 2. The molecule has 0 saturated heterocycles. The summed E-state index contributed by atoms with van der Waals surface area (Å²) in [4.78, 5) is 29.7. The Morgan fingerprint density at radius 2 is 2.10 bits per heavy atom. The first kappa shape index (κ1) is 21.0. The molecule has 3 atom stereocenters. The molecule has 1 aromatic carbocycles. The van der Waals surface area contributed by atoms with Gasteiger partial charge in [-0.05, 0) is 61.1 Å². The molecule has 2 aliphatic rings. The predicted octanol–water partition coefficient (Wildman–Crippen LogP) is 1.86. The SMILES string of the molecule is CC(NC(=O)C1C=C(c2cccc(F)c2)CCN1)C(=O)NC1CCc2nc(N)ccc21. The van der Waals surface area contributed by atoms with E-state index in [0.29, 0.717) is 18.8 Å². The molecular weight excluding hydrogens is 397 g/mol. The van der Waals surface area contributed by atoms with E-state index < -0.39 is 12.1 Å². The van der Waals surface area contributed by atoms with Gasteiger partial charge >= 0.3 is 0 Å². The smallest absolute Gasteiger partial charge is 0.242 e. The van der Waals surface area contributed by atoms with Crippen molar-refractivity contribution in [2.45, 2.75) is 44.3 Å². The number of hydrogen-bond donors (Lipinski definition) is 4. The highest BCUT2D eigenvalue weighted by Gasteiger charge is 2.28. The molecule has 8 heteroatoms. The standard InChI is InChI=1S/C23H26FN5O2/c1-13(22(30)29-19-7-6-18-17(19)5-8-21(25)28-18)27-23(31)20-12-15(9-10-26-20)14-3-2-4-16(24)11-14/h2-5,8,11-13,19-20,26H,6-7,9-10H2,1H3,(H2,25,28)(H,27,31)(H,29,30).